The van der Waals surface area contributed by atoms with Crippen molar-refractivity contribution in [1.29, 1.82) is 0 Å². The fourth-order valence-corrected chi connectivity index (χ4v) is 4.28. The van der Waals surface area contributed by atoms with Crippen molar-refractivity contribution < 1.29 is 13.2 Å². The average Bonchev–Trinajstić information content (AvgIpc) is 3.35. The summed E-state index contributed by atoms with van der Waals surface area (Å²) in [5.74, 6) is 0.793. The molecule has 0 unspecified atom stereocenters. The predicted octanol–water partition coefficient (Wildman–Crippen LogP) is 3.36. The number of ether oxygens (including phenoxy) is 1. The Morgan fingerprint density at radius 2 is 1.78 bits per heavy atom. The average molecular weight is 352 g/mol. The zero-order chi connectivity index (χ0) is 16.5. The summed E-state index contributed by atoms with van der Waals surface area (Å²) in [5, 5.41) is 0.231. The minimum atomic E-state index is -3.61. The minimum absolute atomic E-state index is 0.118. The molecule has 3 rings (SSSR count). The molecule has 0 aliphatic heterocycles. The van der Waals surface area contributed by atoms with Gasteiger partial charge in [0.15, 0.2) is 0 Å². The summed E-state index contributed by atoms with van der Waals surface area (Å²) in [6, 6.07) is 14.3. The summed E-state index contributed by atoms with van der Waals surface area (Å²) in [4.78, 5) is 0.118. The molecule has 0 radical (unpaired) electrons. The third kappa shape index (κ3) is 3.37. The van der Waals surface area contributed by atoms with Gasteiger partial charge in [0.2, 0.25) is 10.0 Å². The molecule has 1 aliphatic rings. The molecule has 2 aromatic carbocycles. The van der Waals surface area contributed by atoms with Crippen LogP contribution in [0.4, 0.5) is 0 Å². The molecule has 1 N–H and O–H groups in total. The van der Waals surface area contributed by atoms with E-state index in [0.717, 1.165) is 24.2 Å². The maximum atomic E-state index is 12.4. The first-order valence-electron chi connectivity index (χ1n) is 7.36. The van der Waals surface area contributed by atoms with Gasteiger partial charge in [-0.3, -0.25) is 0 Å². The topological polar surface area (TPSA) is 55.4 Å². The third-order valence-electron chi connectivity index (χ3n) is 4.28. The molecule has 0 amide bonds. The number of methoxy groups -OCH3 is 1. The Balaban J connectivity index is 1.76. The van der Waals surface area contributed by atoms with E-state index in [1.165, 1.54) is 6.07 Å². The van der Waals surface area contributed by atoms with Crippen LogP contribution < -0.4 is 9.46 Å². The molecule has 0 heterocycles. The molecule has 23 heavy (non-hydrogen) atoms. The van der Waals surface area contributed by atoms with Crippen LogP contribution in [0.1, 0.15) is 18.4 Å². The molecule has 0 bridgehead atoms. The molecule has 2 aromatic rings. The maximum absolute atomic E-state index is 12.4. The lowest BCUT2D eigenvalue weighted by atomic mass is 9.96. The van der Waals surface area contributed by atoms with Gasteiger partial charge in [0.1, 0.15) is 10.6 Å². The van der Waals surface area contributed by atoms with Gasteiger partial charge < -0.3 is 4.74 Å². The zero-order valence-electron chi connectivity index (χ0n) is 12.8. The van der Waals surface area contributed by atoms with Crippen molar-refractivity contribution >= 4 is 21.6 Å². The van der Waals surface area contributed by atoms with E-state index in [1.54, 1.807) is 25.3 Å². The fraction of sp³-hybridized carbons (Fsp3) is 0.294. The van der Waals surface area contributed by atoms with Crippen molar-refractivity contribution in [3.63, 3.8) is 0 Å². The van der Waals surface area contributed by atoms with Gasteiger partial charge >= 0.3 is 0 Å². The zero-order valence-corrected chi connectivity index (χ0v) is 14.3. The molecule has 4 nitrogen and oxygen atoms in total. The number of benzene rings is 2. The van der Waals surface area contributed by atoms with E-state index in [2.05, 4.69) is 4.72 Å². The highest BCUT2D eigenvalue weighted by Gasteiger charge is 2.44. The van der Waals surface area contributed by atoms with Crippen molar-refractivity contribution in [3.8, 4) is 5.75 Å². The lowest BCUT2D eigenvalue weighted by Crippen LogP contribution is -2.32. The number of hydrogen-bond donors (Lipinski definition) is 1. The van der Waals surface area contributed by atoms with Gasteiger partial charge in [-0.25, -0.2) is 13.1 Å². The summed E-state index contributed by atoms with van der Waals surface area (Å²) in [5.41, 5.74) is 1.00. The minimum Gasteiger partial charge on any atom is -0.497 e. The van der Waals surface area contributed by atoms with E-state index in [-0.39, 0.29) is 15.3 Å². The Kier molecular flexibility index (Phi) is 4.36. The molecule has 1 aliphatic carbocycles. The van der Waals surface area contributed by atoms with Gasteiger partial charge in [0.25, 0.3) is 0 Å². The molecule has 0 atom stereocenters. The van der Waals surface area contributed by atoms with Gasteiger partial charge in [0, 0.05) is 12.0 Å². The van der Waals surface area contributed by atoms with Crippen molar-refractivity contribution in [3.05, 3.63) is 59.1 Å². The first-order chi connectivity index (χ1) is 11.0. The summed E-state index contributed by atoms with van der Waals surface area (Å²) < 4.78 is 32.8. The monoisotopic (exact) mass is 351 g/mol. The van der Waals surface area contributed by atoms with Crippen LogP contribution in [0.15, 0.2) is 53.4 Å². The Morgan fingerprint density at radius 1 is 1.13 bits per heavy atom. The van der Waals surface area contributed by atoms with E-state index in [1.807, 2.05) is 24.3 Å². The third-order valence-corrected chi connectivity index (χ3v) is 6.18. The Labute approximate surface area is 141 Å². The van der Waals surface area contributed by atoms with Crippen LogP contribution in [0.3, 0.4) is 0 Å². The molecule has 0 spiro atoms. The van der Waals surface area contributed by atoms with Gasteiger partial charge in [-0.1, -0.05) is 35.9 Å². The number of sulfonamides is 1. The molecular formula is C17H18ClNO3S. The highest BCUT2D eigenvalue weighted by atomic mass is 35.5. The SMILES string of the molecule is COc1ccc(C2(CNS(=O)(=O)c3ccccc3Cl)CC2)cc1. The first kappa shape index (κ1) is 16.3. The van der Waals surface area contributed by atoms with E-state index in [4.69, 9.17) is 16.3 Å². The molecule has 0 saturated heterocycles. The normalized spacial score (nSPS) is 16.1. The summed E-state index contributed by atoms with van der Waals surface area (Å²) >= 11 is 5.99. The van der Waals surface area contributed by atoms with Gasteiger partial charge in [-0.05, 0) is 42.7 Å². The largest absolute Gasteiger partial charge is 0.497 e. The molecular weight excluding hydrogens is 334 g/mol. The van der Waals surface area contributed by atoms with Crippen LogP contribution in [0, 0.1) is 0 Å². The maximum Gasteiger partial charge on any atom is 0.242 e. The van der Waals surface area contributed by atoms with Crippen LogP contribution in [-0.2, 0) is 15.4 Å². The van der Waals surface area contributed by atoms with Crippen molar-refractivity contribution in [2.75, 3.05) is 13.7 Å². The first-order valence-corrected chi connectivity index (χ1v) is 9.22. The van der Waals surface area contributed by atoms with E-state index >= 15 is 0 Å². The highest BCUT2D eigenvalue weighted by molar-refractivity contribution is 7.89. The number of halogens is 1. The Bertz CT molecular complexity index is 799. The second-order valence-electron chi connectivity index (χ2n) is 5.76. The van der Waals surface area contributed by atoms with Crippen molar-refractivity contribution in [2.24, 2.45) is 0 Å². The standard InChI is InChI=1S/C17H18ClNO3S/c1-22-14-8-6-13(7-9-14)17(10-11-17)12-19-23(20,21)16-5-3-2-4-15(16)18/h2-9,19H,10-12H2,1H3. The molecule has 1 fully saturated rings. The fourth-order valence-electron chi connectivity index (χ4n) is 2.64. The van der Waals surface area contributed by atoms with Crippen LogP contribution in [-0.4, -0.2) is 22.1 Å². The smallest absolute Gasteiger partial charge is 0.242 e. The van der Waals surface area contributed by atoms with E-state index in [0.29, 0.717) is 6.54 Å². The van der Waals surface area contributed by atoms with Crippen LogP contribution in [0.2, 0.25) is 5.02 Å². The van der Waals surface area contributed by atoms with Gasteiger partial charge in [-0.2, -0.15) is 0 Å². The highest BCUT2D eigenvalue weighted by Crippen LogP contribution is 2.48. The van der Waals surface area contributed by atoms with Crippen molar-refractivity contribution in [1.82, 2.24) is 4.72 Å². The number of rotatable bonds is 6. The van der Waals surface area contributed by atoms with Gasteiger partial charge in [-0.15, -0.1) is 0 Å². The second kappa shape index (κ2) is 6.15. The Hall–Kier alpha value is -1.56. The number of hydrogen-bond acceptors (Lipinski definition) is 3. The lowest BCUT2D eigenvalue weighted by Gasteiger charge is -2.17. The predicted molar refractivity (Wildman–Crippen MR) is 90.5 cm³/mol. The number of nitrogens with one attached hydrogen (secondary N) is 1. The summed E-state index contributed by atoms with van der Waals surface area (Å²) in [6.07, 6.45) is 1.93. The van der Waals surface area contributed by atoms with Crippen LogP contribution in [0.25, 0.3) is 0 Å². The summed E-state index contributed by atoms with van der Waals surface area (Å²) in [7, 11) is -1.99. The van der Waals surface area contributed by atoms with Crippen LogP contribution >= 0.6 is 11.6 Å². The molecule has 1 saturated carbocycles. The second-order valence-corrected chi connectivity index (χ2v) is 7.91. The van der Waals surface area contributed by atoms with Crippen molar-refractivity contribution in [2.45, 2.75) is 23.2 Å². The summed E-state index contributed by atoms with van der Waals surface area (Å²) in [6.45, 7) is 0.368. The molecule has 122 valence electrons. The van der Waals surface area contributed by atoms with Gasteiger partial charge in [0.05, 0.1) is 12.1 Å². The lowest BCUT2D eigenvalue weighted by molar-refractivity contribution is 0.414. The van der Waals surface area contributed by atoms with Crippen LogP contribution in [0.5, 0.6) is 5.75 Å². The molecule has 0 aromatic heterocycles. The van der Waals surface area contributed by atoms with E-state index in [9.17, 15) is 8.42 Å². The Morgan fingerprint density at radius 3 is 2.35 bits per heavy atom. The molecule has 6 heteroatoms. The quantitative estimate of drug-likeness (QED) is 0.868. The van der Waals surface area contributed by atoms with E-state index < -0.39 is 10.0 Å².